The Balaban J connectivity index is 0.00000198. The molecule has 6 nitrogen and oxygen atoms in total. The Morgan fingerprint density at radius 3 is 2.52 bits per heavy atom. The van der Waals surface area contributed by atoms with Crippen LogP contribution in [0.25, 0.3) is 44.6 Å². The summed E-state index contributed by atoms with van der Waals surface area (Å²) in [7, 11) is 1.93. The van der Waals surface area contributed by atoms with E-state index in [-0.39, 0.29) is 11.2 Å². The first kappa shape index (κ1) is 29.6. The minimum Gasteiger partial charge on any atom is -0.370 e. The molecular weight excluding hydrogens is 525 g/mol. The van der Waals surface area contributed by atoms with E-state index in [1.807, 2.05) is 87.3 Å². The smallest absolute Gasteiger partial charge is 0.323 e. The molecule has 0 fully saturated rings. The lowest BCUT2D eigenvalue weighted by molar-refractivity contribution is 0.543. The number of imidazole rings is 2. The van der Waals surface area contributed by atoms with Gasteiger partial charge < -0.3 is 14.9 Å². The van der Waals surface area contributed by atoms with Crippen LogP contribution in [0.3, 0.4) is 0 Å². The van der Waals surface area contributed by atoms with E-state index in [0.29, 0.717) is 28.7 Å². The fourth-order valence-electron chi connectivity index (χ4n) is 4.95. The SMILES string of the molecule is C#C/C(=C/C)c1ccccc1C(=C)CN(C)/C(=C\C=C)c1cc(F)c2ncn(-c3ccc4[nH]c(=O)[nH]c4c3)c2c1.CC. The van der Waals surface area contributed by atoms with E-state index in [1.165, 1.54) is 6.07 Å². The topological polar surface area (TPSA) is 69.7 Å². The van der Waals surface area contributed by atoms with E-state index in [2.05, 4.69) is 34.0 Å². The Hall–Kier alpha value is -5.35. The van der Waals surface area contributed by atoms with Gasteiger partial charge in [-0.2, -0.15) is 0 Å². The summed E-state index contributed by atoms with van der Waals surface area (Å²) in [5, 5.41) is 0. The summed E-state index contributed by atoms with van der Waals surface area (Å²) >= 11 is 0. The molecule has 0 radical (unpaired) electrons. The molecule has 0 atom stereocenters. The summed E-state index contributed by atoms with van der Waals surface area (Å²) in [6.07, 6.45) is 12.7. The maximum Gasteiger partial charge on any atom is 0.323 e. The van der Waals surface area contributed by atoms with Gasteiger partial charge in [-0.1, -0.05) is 69.3 Å². The van der Waals surface area contributed by atoms with Crippen molar-refractivity contribution in [1.82, 2.24) is 24.4 Å². The summed E-state index contributed by atoms with van der Waals surface area (Å²) in [4.78, 5) is 23.5. The van der Waals surface area contributed by atoms with Gasteiger partial charge in [-0.3, -0.25) is 4.57 Å². The number of terminal acetylenes is 1. The van der Waals surface area contributed by atoms with Gasteiger partial charge in [0, 0.05) is 36.1 Å². The minimum atomic E-state index is -0.443. The zero-order valence-corrected chi connectivity index (χ0v) is 24.3. The number of aromatic amines is 2. The van der Waals surface area contributed by atoms with Crippen LogP contribution in [0.1, 0.15) is 37.5 Å². The van der Waals surface area contributed by atoms with Crippen molar-refractivity contribution in [3.63, 3.8) is 0 Å². The molecule has 0 aliphatic heterocycles. The second-order valence-corrected chi connectivity index (χ2v) is 9.39. The van der Waals surface area contributed by atoms with Crippen molar-refractivity contribution in [2.75, 3.05) is 13.6 Å². The monoisotopic (exact) mass is 559 g/mol. The highest BCUT2D eigenvalue weighted by molar-refractivity contribution is 5.87. The zero-order chi connectivity index (χ0) is 30.4. The van der Waals surface area contributed by atoms with E-state index >= 15 is 4.39 Å². The van der Waals surface area contributed by atoms with Crippen molar-refractivity contribution < 1.29 is 4.39 Å². The Labute approximate surface area is 245 Å². The number of nitrogens with zero attached hydrogens (tertiary/aromatic N) is 3. The fraction of sp³-hybridized carbons (Fsp3) is 0.143. The van der Waals surface area contributed by atoms with E-state index in [1.54, 1.807) is 23.0 Å². The third-order valence-corrected chi connectivity index (χ3v) is 6.84. The number of hydrogen-bond acceptors (Lipinski definition) is 3. The molecule has 2 heterocycles. The second-order valence-electron chi connectivity index (χ2n) is 9.39. The van der Waals surface area contributed by atoms with E-state index < -0.39 is 5.82 Å². The van der Waals surface area contributed by atoms with Crippen LogP contribution in [-0.2, 0) is 0 Å². The van der Waals surface area contributed by atoms with Crippen molar-refractivity contribution >= 4 is 38.9 Å². The van der Waals surface area contributed by atoms with E-state index in [9.17, 15) is 4.79 Å². The molecule has 5 rings (SSSR count). The van der Waals surface area contributed by atoms with Crippen LogP contribution in [0.2, 0.25) is 0 Å². The second kappa shape index (κ2) is 12.9. The largest absolute Gasteiger partial charge is 0.370 e. The molecule has 0 aliphatic rings. The van der Waals surface area contributed by atoms with Crippen LogP contribution in [0.4, 0.5) is 4.39 Å². The third kappa shape index (κ3) is 5.74. The van der Waals surface area contributed by atoms with Crippen molar-refractivity contribution in [2.24, 2.45) is 0 Å². The van der Waals surface area contributed by atoms with Crippen molar-refractivity contribution in [2.45, 2.75) is 20.8 Å². The Morgan fingerprint density at radius 2 is 1.83 bits per heavy atom. The molecule has 3 aromatic carbocycles. The average Bonchev–Trinajstić information content (AvgIpc) is 3.60. The minimum absolute atomic E-state index is 0.249. The van der Waals surface area contributed by atoms with Gasteiger partial charge in [-0.15, -0.1) is 6.42 Å². The van der Waals surface area contributed by atoms with Crippen molar-refractivity contribution in [3.8, 4) is 18.0 Å². The number of hydrogen-bond donors (Lipinski definition) is 2. The number of rotatable bonds is 8. The fourth-order valence-corrected chi connectivity index (χ4v) is 4.95. The molecule has 0 aliphatic carbocycles. The molecular formula is C35H34FN5O. The van der Waals surface area contributed by atoms with Gasteiger partial charge in [-0.05, 0) is 60.0 Å². The molecule has 42 heavy (non-hydrogen) atoms. The molecule has 0 amide bonds. The van der Waals surface area contributed by atoms with Crippen LogP contribution < -0.4 is 5.69 Å². The zero-order valence-electron chi connectivity index (χ0n) is 24.3. The van der Waals surface area contributed by atoms with Crippen molar-refractivity contribution in [3.05, 3.63) is 125 Å². The van der Waals surface area contributed by atoms with Crippen LogP contribution >= 0.6 is 0 Å². The predicted molar refractivity (Wildman–Crippen MR) is 174 cm³/mol. The number of halogens is 1. The van der Waals surface area contributed by atoms with Gasteiger partial charge in [-0.25, -0.2) is 14.2 Å². The summed E-state index contributed by atoms with van der Waals surface area (Å²) in [5.41, 5.74) is 7.60. The lowest BCUT2D eigenvalue weighted by Gasteiger charge is -2.25. The maximum absolute atomic E-state index is 15.4. The van der Waals surface area contributed by atoms with Gasteiger partial charge in [0.2, 0.25) is 0 Å². The summed E-state index contributed by atoms with van der Waals surface area (Å²) in [6, 6.07) is 16.7. The molecule has 2 aromatic heterocycles. The molecule has 0 saturated heterocycles. The Kier molecular flexibility index (Phi) is 9.08. The molecule has 0 bridgehead atoms. The van der Waals surface area contributed by atoms with Gasteiger partial charge in [0.05, 0.1) is 16.6 Å². The number of likely N-dealkylation sites (N-methyl/N-ethyl adjacent to an activating group) is 1. The predicted octanol–water partition coefficient (Wildman–Crippen LogP) is 7.57. The lowest BCUT2D eigenvalue weighted by atomic mass is 9.95. The average molecular weight is 560 g/mol. The Bertz CT molecular complexity index is 1940. The number of H-pyrrole nitrogens is 2. The van der Waals surface area contributed by atoms with E-state index in [4.69, 9.17) is 6.42 Å². The number of allylic oxidation sites excluding steroid dienone is 4. The summed E-state index contributed by atoms with van der Waals surface area (Å²) in [5.74, 6) is 2.31. The van der Waals surface area contributed by atoms with Gasteiger partial charge in [0.25, 0.3) is 0 Å². The number of fused-ring (bicyclic) bond motifs is 2. The molecule has 5 aromatic rings. The first-order valence-electron chi connectivity index (χ1n) is 13.7. The van der Waals surface area contributed by atoms with Crippen LogP contribution in [0.5, 0.6) is 0 Å². The molecule has 212 valence electrons. The van der Waals surface area contributed by atoms with Crippen molar-refractivity contribution in [1.29, 1.82) is 0 Å². The number of benzene rings is 3. The highest BCUT2D eigenvalue weighted by Gasteiger charge is 2.17. The van der Waals surface area contributed by atoms with Crippen LogP contribution in [0, 0.1) is 18.2 Å². The molecule has 7 heteroatoms. The summed E-state index contributed by atoms with van der Waals surface area (Å²) in [6.45, 7) is 14.6. The van der Waals surface area contributed by atoms with Crippen LogP contribution in [-0.4, -0.2) is 38.0 Å². The highest BCUT2D eigenvalue weighted by Crippen LogP contribution is 2.30. The number of aromatic nitrogens is 4. The summed E-state index contributed by atoms with van der Waals surface area (Å²) < 4.78 is 17.2. The van der Waals surface area contributed by atoms with E-state index in [0.717, 1.165) is 33.7 Å². The lowest BCUT2D eigenvalue weighted by Crippen LogP contribution is -2.19. The van der Waals surface area contributed by atoms with Gasteiger partial charge >= 0.3 is 5.69 Å². The highest BCUT2D eigenvalue weighted by atomic mass is 19.1. The third-order valence-electron chi connectivity index (χ3n) is 6.84. The maximum atomic E-state index is 15.4. The standard InChI is InChI=1S/C33H28FN5O.C2H6/c1-6-11-30(38(5)19-21(4)25-12-9-10-13-26(25)22(7-2)8-3)23-16-27(34)32-31(17-23)39(20-35-32)24-14-15-28-29(18-24)37-33(40)36-28;1-2/h2,6,8-18,20H,1,4,19H2,3,5H3,(H2,36,37,40);1-2H3/b22-8-,30-11-;. The molecule has 0 unspecified atom stereocenters. The quantitative estimate of drug-likeness (QED) is 0.152. The van der Waals surface area contributed by atoms with Gasteiger partial charge in [0.15, 0.2) is 5.82 Å². The first-order chi connectivity index (χ1) is 20.3. The Morgan fingerprint density at radius 1 is 1.12 bits per heavy atom. The van der Waals surface area contributed by atoms with Crippen LogP contribution in [0.15, 0.2) is 97.1 Å². The molecule has 2 N–H and O–H groups in total. The first-order valence-corrected chi connectivity index (χ1v) is 13.7. The van der Waals surface area contributed by atoms with Gasteiger partial charge in [0.1, 0.15) is 11.8 Å². The molecule has 0 saturated carbocycles. The normalized spacial score (nSPS) is 11.6. The molecule has 0 spiro atoms. The number of nitrogens with one attached hydrogen (secondary N) is 2.